The molecule has 0 atom stereocenters. The van der Waals surface area contributed by atoms with Gasteiger partial charge in [-0.1, -0.05) is 29.8 Å². The van der Waals surface area contributed by atoms with Crippen molar-refractivity contribution in [2.45, 2.75) is 32.6 Å². The van der Waals surface area contributed by atoms with Crippen molar-refractivity contribution in [2.24, 2.45) is 11.8 Å². The second-order valence-corrected chi connectivity index (χ2v) is 8.78. The fourth-order valence-corrected chi connectivity index (χ4v) is 4.52. The maximum Gasteiger partial charge on any atom is 0.306 e. The van der Waals surface area contributed by atoms with Gasteiger partial charge >= 0.3 is 5.97 Å². The van der Waals surface area contributed by atoms with Crippen molar-refractivity contribution in [3.05, 3.63) is 60.2 Å². The first-order valence-electron chi connectivity index (χ1n) is 11.4. The number of phenolic OH excluding ortho intramolecular Hbond substituents is 1. The quantitative estimate of drug-likeness (QED) is 0.429. The normalized spacial score (nSPS) is 18.0. The third-order valence-corrected chi connectivity index (χ3v) is 6.44. The number of carbonyl (C=O) groups is 1. The number of aromatic nitrogens is 1. The van der Waals surface area contributed by atoms with E-state index in [0.29, 0.717) is 17.2 Å². The number of para-hydroxylation sites is 1. The largest absolute Gasteiger partial charge is 0.507 e. The fraction of sp³-hybridized carbons (Fsp3) is 0.333. The van der Waals surface area contributed by atoms with Crippen LogP contribution in [0.3, 0.4) is 0 Å². The van der Waals surface area contributed by atoms with E-state index in [4.69, 9.17) is 9.72 Å². The van der Waals surface area contributed by atoms with Crippen LogP contribution in [0.4, 0.5) is 5.82 Å². The van der Waals surface area contributed by atoms with E-state index in [2.05, 4.69) is 5.32 Å². The van der Waals surface area contributed by atoms with Gasteiger partial charge in [0.15, 0.2) is 0 Å². The van der Waals surface area contributed by atoms with Crippen molar-refractivity contribution in [3.8, 4) is 33.9 Å². The van der Waals surface area contributed by atoms with E-state index < -0.39 is 5.97 Å². The van der Waals surface area contributed by atoms with Crippen LogP contribution in [0.15, 0.2) is 54.6 Å². The molecule has 1 aliphatic carbocycles. The molecule has 3 aromatic rings. The number of benzene rings is 2. The van der Waals surface area contributed by atoms with Crippen LogP contribution in [0.2, 0.25) is 0 Å². The molecule has 1 aliphatic rings. The van der Waals surface area contributed by atoms with Gasteiger partial charge in [-0.25, -0.2) is 4.98 Å². The SMILES string of the molecule is COc1ccccc1-c1cc(NC[C@H]2CC[C@H](C(=O)O)CC2)nc(-c2cc(C)ccc2O)c1. The fourth-order valence-electron chi connectivity index (χ4n) is 4.52. The maximum absolute atomic E-state index is 11.2. The molecule has 2 aromatic carbocycles. The molecule has 3 N–H and O–H groups in total. The Hall–Kier alpha value is -3.54. The van der Waals surface area contributed by atoms with Crippen LogP contribution in [-0.4, -0.2) is 34.8 Å². The number of phenols is 1. The Morgan fingerprint density at radius 3 is 2.55 bits per heavy atom. The number of hydrogen-bond acceptors (Lipinski definition) is 5. The van der Waals surface area contributed by atoms with Crippen molar-refractivity contribution in [2.75, 3.05) is 19.0 Å². The molecule has 0 radical (unpaired) electrons. The Kier molecular flexibility index (Phi) is 6.82. The lowest BCUT2D eigenvalue weighted by Crippen LogP contribution is -2.25. The maximum atomic E-state index is 11.2. The standard InChI is InChI=1S/C27H30N2O4/c1-17-7-12-24(30)22(13-17)23-14-20(21-5-3-4-6-25(21)33-2)15-26(29-23)28-16-18-8-10-19(11-9-18)27(31)32/h3-7,12-15,18-19,30H,8-11,16H2,1-2H3,(H,28,29)(H,31,32)/t18-,19-. The average Bonchev–Trinajstić information content (AvgIpc) is 2.84. The second kappa shape index (κ2) is 9.94. The molecule has 0 unspecified atom stereocenters. The molecule has 0 amide bonds. The summed E-state index contributed by atoms with van der Waals surface area (Å²) in [6.45, 7) is 2.72. The zero-order valence-electron chi connectivity index (χ0n) is 19.0. The first kappa shape index (κ1) is 22.6. The number of pyridine rings is 1. The number of nitrogens with one attached hydrogen (secondary N) is 1. The van der Waals surface area contributed by atoms with Gasteiger partial charge in [-0.05, 0) is 74.4 Å². The number of methoxy groups -OCH3 is 1. The minimum absolute atomic E-state index is 0.184. The Morgan fingerprint density at radius 1 is 1.06 bits per heavy atom. The smallest absolute Gasteiger partial charge is 0.306 e. The van der Waals surface area contributed by atoms with E-state index in [1.807, 2.05) is 55.5 Å². The van der Waals surface area contributed by atoms with E-state index >= 15 is 0 Å². The Labute approximate surface area is 194 Å². The lowest BCUT2D eigenvalue weighted by Gasteiger charge is -2.26. The van der Waals surface area contributed by atoms with Gasteiger partial charge in [0.05, 0.1) is 18.7 Å². The number of rotatable bonds is 7. The monoisotopic (exact) mass is 446 g/mol. The second-order valence-electron chi connectivity index (χ2n) is 8.78. The molecular weight excluding hydrogens is 416 g/mol. The van der Waals surface area contributed by atoms with Crippen molar-refractivity contribution >= 4 is 11.8 Å². The number of anilines is 1. The Balaban J connectivity index is 1.65. The lowest BCUT2D eigenvalue weighted by atomic mass is 9.82. The van der Waals surface area contributed by atoms with E-state index in [1.165, 1.54) is 0 Å². The summed E-state index contributed by atoms with van der Waals surface area (Å²) in [7, 11) is 1.65. The van der Waals surface area contributed by atoms with Crippen LogP contribution < -0.4 is 10.1 Å². The average molecular weight is 447 g/mol. The molecule has 0 bridgehead atoms. The summed E-state index contributed by atoms with van der Waals surface area (Å²) >= 11 is 0. The van der Waals surface area contributed by atoms with Crippen LogP contribution in [0.1, 0.15) is 31.2 Å². The first-order chi connectivity index (χ1) is 15.9. The molecule has 0 spiro atoms. The summed E-state index contributed by atoms with van der Waals surface area (Å²) in [6, 6.07) is 17.3. The molecule has 1 heterocycles. The van der Waals surface area contributed by atoms with Gasteiger partial charge in [0.2, 0.25) is 0 Å². The number of aryl methyl sites for hydroxylation is 1. The summed E-state index contributed by atoms with van der Waals surface area (Å²) in [5.41, 5.74) is 4.28. The molecule has 6 heteroatoms. The highest BCUT2D eigenvalue weighted by molar-refractivity contribution is 5.79. The molecule has 1 fully saturated rings. The van der Waals surface area contributed by atoms with Gasteiger partial charge in [0, 0.05) is 17.7 Å². The van der Waals surface area contributed by atoms with E-state index in [0.717, 1.165) is 60.5 Å². The topological polar surface area (TPSA) is 91.7 Å². The molecule has 0 aliphatic heterocycles. The Morgan fingerprint density at radius 2 is 1.82 bits per heavy atom. The number of ether oxygens (including phenoxy) is 1. The number of aliphatic carboxylic acids is 1. The first-order valence-corrected chi connectivity index (χ1v) is 11.4. The minimum atomic E-state index is -0.685. The molecule has 4 rings (SSSR count). The summed E-state index contributed by atoms with van der Waals surface area (Å²) in [4.78, 5) is 16.0. The molecular formula is C27H30N2O4. The molecule has 1 saturated carbocycles. The number of hydrogen-bond donors (Lipinski definition) is 3. The van der Waals surface area contributed by atoms with E-state index in [-0.39, 0.29) is 11.7 Å². The van der Waals surface area contributed by atoms with Gasteiger partial charge < -0.3 is 20.3 Å². The number of carboxylic acid groups (broad SMARTS) is 1. The highest BCUT2D eigenvalue weighted by Gasteiger charge is 2.25. The van der Waals surface area contributed by atoms with Gasteiger partial charge in [0.25, 0.3) is 0 Å². The third-order valence-electron chi connectivity index (χ3n) is 6.44. The molecule has 0 saturated heterocycles. The van der Waals surface area contributed by atoms with Crippen LogP contribution in [0.25, 0.3) is 22.4 Å². The predicted molar refractivity (Wildman–Crippen MR) is 130 cm³/mol. The summed E-state index contributed by atoms with van der Waals surface area (Å²) in [5, 5.41) is 23.2. The minimum Gasteiger partial charge on any atom is -0.507 e. The summed E-state index contributed by atoms with van der Waals surface area (Å²) in [5.74, 6) is 1.17. The summed E-state index contributed by atoms with van der Waals surface area (Å²) < 4.78 is 5.57. The number of nitrogens with zero attached hydrogens (tertiary/aromatic N) is 1. The van der Waals surface area contributed by atoms with E-state index in [1.54, 1.807) is 13.2 Å². The lowest BCUT2D eigenvalue weighted by molar-refractivity contribution is -0.143. The highest BCUT2D eigenvalue weighted by Crippen LogP contribution is 2.36. The zero-order chi connectivity index (χ0) is 23.4. The van der Waals surface area contributed by atoms with Crippen LogP contribution in [0.5, 0.6) is 11.5 Å². The highest BCUT2D eigenvalue weighted by atomic mass is 16.5. The third kappa shape index (κ3) is 5.28. The van der Waals surface area contributed by atoms with Crippen molar-refractivity contribution in [1.29, 1.82) is 0 Å². The molecule has 33 heavy (non-hydrogen) atoms. The number of aromatic hydroxyl groups is 1. The number of carboxylic acids is 1. The molecule has 1 aromatic heterocycles. The summed E-state index contributed by atoms with van der Waals surface area (Å²) in [6.07, 6.45) is 3.22. The van der Waals surface area contributed by atoms with Crippen molar-refractivity contribution < 1.29 is 19.7 Å². The van der Waals surface area contributed by atoms with Crippen LogP contribution in [0, 0.1) is 18.8 Å². The van der Waals surface area contributed by atoms with Gasteiger partial charge in [-0.3, -0.25) is 4.79 Å². The molecule has 172 valence electrons. The molecule has 6 nitrogen and oxygen atoms in total. The van der Waals surface area contributed by atoms with Gasteiger partial charge in [0.1, 0.15) is 17.3 Å². The van der Waals surface area contributed by atoms with Crippen molar-refractivity contribution in [1.82, 2.24) is 4.98 Å². The van der Waals surface area contributed by atoms with Gasteiger partial charge in [-0.15, -0.1) is 0 Å². The predicted octanol–water partition coefficient (Wildman–Crippen LogP) is 5.74. The van der Waals surface area contributed by atoms with Crippen LogP contribution in [-0.2, 0) is 4.79 Å². The van der Waals surface area contributed by atoms with Gasteiger partial charge in [-0.2, -0.15) is 0 Å². The zero-order valence-corrected chi connectivity index (χ0v) is 19.0. The Bertz CT molecular complexity index is 1140. The van der Waals surface area contributed by atoms with Crippen LogP contribution >= 0.6 is 0 Å². The van der Waals surface area contributed by atoms with Crippen molar-refractivity contribution in [3.63, 3.8) is 0 Å². The van der Waals surface area contributed by atoms with E-state index in [9.17, 15) is 15.0 Å².